The summed E-state index contributed by atoms with van der Waals surface area (Å²) in [6.07, 6.45) is -0.474. The number of hydrogen-bond acceptors (Lipinski definition) is 5. The van der Waals surface area contributed by atoms with E-state index < -0.39 is 11.0 Å². The van der Waals surface area contributed by atoms with Gasteiger partial charge in [0, 0.05) is 24.4 Å². The fraction of sp³-hybridized carbons (Fsp3) is 0.208. The van der Waals surface area contributed by atoms with E-state index in [4.69, 9.17) is 4.74 Å². The third-order valence-corrected chi connectivity index (χ3v) is 4.91. The summed E-state index contributed by atoms with van der Waals surface area (Å²) in [6.45, 7) is 2.63. The Kier molecular flexibility index (Phi) is 7.59. The largest absolute Gasteiger partial charge is 0.445 e. The highest BCUT2D eigenvalue weighted by Crippen LogP contribution is 2.27. The quantitative estimate of drug-likeness (QED) is 0.362. The number of nitrogens with zero attached hydrogens (tertiary/aromatic N) is 1. The van der Waals surface area contributed by atoms with Gasteiger partial charge in [-0.1, -0.05) is 67.6 Å². The first-order valence-corrected chi connectivity index (χ1v) is 10.0. The number of non-ortho nitro benzene ring substituents is 1. The van der Waals surface area contributed by atoms with Gasteiger partial charge >= 0.3 is 6.09 Å². The molecule has 7 heteroatoms. The first-order valence-electron chi connectivity index (χ1n) is 10.0. The number of nitro benzene ring substituents is 1. The molecule has 3 rings (SSSR count). The maximum Gasteiger partial charge on any atom is 0.407 e. The number of ether oxygens (including phenoxy) is 1. The molecule has 0 bridgehead atoms. The maximum atomic E-state index is 12.1. The van der Waals surface area contributed by atoms with E-state index in [-0.39, 0.29) is 24.3 Å². The van der Waals surface area contributed by atoms with Crippen LogP contribution < -0.4 is 10.6 Å². The SMILES string of the molecule is C[C@@H](CNC(=O)OCc1ccccc1)[C@H](Nc1ccc([N+](=O)[O-])cc1)c1ccccc1. The molecule has 0 unspecified atom stereocenters. The molecule has 160 valence electrons. The molecule has 0 aliphatic rings. The fourth-order valence-corrected chi connectivity index (χ4v) is 3.21. The molecule has 0 saturated heterocycles. The first-order chi connectivity index (χ1) is 15.0. The van der Waals surface area contributed by atoms with E-state index in [1.54, 1.807) is 12.1 Å². The first kappa shape index (κ1) is 21.8. The van der Waals surface area contributed by atoms with E-state index in [1.807, 2.05) is 67.6 Å². The Morgan fingerprint density at radius 1 is 0.968 bits per heavy atom. The second-order valence-corrected chi connectivity index (χ2v) is 7.26. The monoisotopic (exact) mass is 419 g/mol. The molecule has 2 atom stereocenters. The average Bonchev–Trinajstić information content (AvgIpc) is 2.81. The minimum absolute atomic E-state index is 0.0156. The van der Waals surface area contributed by atoms with E-state index in [1.165, 1.54) is 12.1 Å². The molecule has 31 heavy (non-hydrogen) atoms. The highest BCUT2D eigenvalue weighted by Gasteiger charge is 2.20. The number of carbonyl (C=O) groups is 1. The van der Waals surface area contributed by atoms with Gasteiger partial charge in [0.2, 0.25) is 0 Å². The summed E-state index contributed by atoms with van der Waals surface area (Å²) in [5.41, 5.74) is 2.77. The molecule has 0 aromatic heterocycles. The Bertz CT molecular complexity index is 979. The molecule has 7 nitrogen and oxygen atoms in total. The van der Waals surface area contributed by atoms with Gasteiger partial charge in [0.15, 0.2) is 0 Å². The molecule has 0 heterocycles. The van der Waals surface area contributed by atoms with Crippen LogP contribution in [0.3, 0.4) is 0 Å². The van der Waals surface area contributed by atoms with Gasteiger partial charge in [-0.3, -0.25) is 10.1 Å². The van der Waals surface area contributed by atoms with Gasteiger partial charge in [-0.25, -0.2) is 4.79 Å². The van der Waals surface area contributed by atoms with Gasteiger partial charge in [-0.15, -0.1) is 0 Å². The maximum absolute atomic E-state index is 12.1. The predicted octanol–water partition coefficient (Wildman–Crippen LogP) is 5.31. The molecular weight excluding hydrogens is 394 g/mol. The van der Waals surface area contributed by atoms with Crippen molar-refractivity contribution in [3.63, 3.8) is 0 Å². The molecule has 0 spiro atoms. The van der Waals surface area contributed by atoms with Gasteiger partial charge in [-0.05, 0) is 29.2 Å². The van der Waals surface area contributed by atoms with Crippen LogP contribution in [-0.4, -0.2) is 17.6 Å². The number of amides is 1. The van der Waals surface area contributed by atoms with Crippen molar-refractivity contribution in [3.8, 4) is 0 Å². The Morgan fingerprint density at radius 3 is 2.19 bits per heavy atom. The van der Waals surface area contributed by atoms with Gasteiger partial charge in [-0.2, -0.15) is 0 Å². The van der Waals surface area contributed by atoms with Gasteiger partial charge in [0.05, 0.1) is 11.0 Å². The highest BCUT2D eigenvalue weighted by atomic mass is 16.6. The van der Waals surface area contributed by atoms with Gasteiger partial charge in [0.1, 0.15) is 6.61 Å². The molecule has 2 N–H and O–H groups in total. The predicted molar refractivity (Wildman–Crippen MR) is 120 cm³/mol. The van der Waals surface area contributed by atoms with Crippen molar-refractivity contribution in [2.24, 2.45) is 5.92 Å². The minimum Gasteiger partial charge on any atom is -0.445 e. The van der Waals surface area contributed by atoms with Gasteiger partial charge < -0.3 is 15.4 Å². The summed E-state index contributed by atoms with van der Waals surface area (Å²) >= 11 is 0. The zero-order chi connectivity index (χ0) is 22.1. The highest BCUT2D eigenvalue weighted by molar-refractivity contribution is 5.67. The Morgan fingerprint density at radius 2 is 1.58 bits per heavy atom. The van der Waals surface area contributed by atoms with Crippen molar-refractivity contribution in [1.82, 2.24) is 5.32 Å². The normalized spacial score (nSPS) is 12.4. The molecule has 0 fully saturated rings. The minimum atomic E-state index is -0.474. The lowest BCUT2D eigenvalue weighted by atomic mass is 9.94. The van der Waals surface area contributed by atoms with Crippen LogP contribution in [0.25, 0.3) is 0 Å². The molecule has 0 aliphatic heterocycles. The lowest BCUT2D eigenvalue weighted by Crippen LogP contribution is -2.33. The number of hydrogen-bond donors (Lipinski definition) is 2. The van der Waals surface area contributed by atoms with Crippen molar-refractivity contribution < 1.29 is 14.5 Å². The zero-order valence-corrected chi connectivity index (χ0v) is 17.2. The van der Waals surface area contributed by atoms with Crippen LogP contribution in [0.15, 0.2) is 84.9 Å². The van der Waals surface area contributed by atoms with E-state index in [9.17, 15) is 14.9 Å². The van der Waals surface area contributed by atoms with Crippen LogP contribution in [0, 0.1) is 16.0 Å². The molecule has 1 amide bonds. The smallest absolute Gasteiger partial charge is 0.407 e. The third-order valence-electron chi connectivity index (χ3n) is 4.91. The number of nitrogens with one attached hydrogen (secondary N) is 2. The van der Waals surface area contributed by atoms with Crippen molar-refractivity contribution in [2.45, 2.75) is 19.6 Å². The van der Waals surface area contributed by atoms with E-state index in [0.29, 0.717) is 6.54 Å². The topological polar surface area (TPSA) is 93.5 Å². The summed E-state index contributed by atoms with van der Waals surface area (Å²) < 4.78 is 5.28. The lowest BCUT2D eigenvalue weighted by Gasteiger charge is -2.27. The summed E-state index contributed by atoms with van der Waals surface area (Å²) in [5.74, 6) is 0.0156. The number of alkyl carbamates (subject to hydrolysis) is 1. The molecule has 0 radical (unpaired) electrons. The van der Waals surface area contributed by atoms with Crippen molar-refractivity contribution in [2.75, 3.05) is 11.9 Å². The number of rotatable bonds is 9. The molecule has 3 aromatic rings. The molecule has 0 saturated carbocycles. The van der Waals surface area contributed by atoms with Gasteiger partial charge in [0.25, 0.3) is 5.69 Å². The van der Waals surface area contributed by atoms with Crippen molar-refractivity contribution in [3.05, 3.63) is 106 Å². The average molecular weight is 419 g/mol. The van der Waals surface area contributed by atoms with E-state index in [2.05, 4.69) is 10.6 Å². The lowest BCUT2D eigenvalue weighted by molar-refractivity contribution is -0.384. The van der Waals surface area contributed by atoms with Crippen LogP contribution in [-0.2, 0) is 11.3 Å². The third kappa shape index (κ3) is 6.57. The molecular formula is C24H25N3O4. The van der Waals surface area contributed by atoms with Crippen LogP contribution in [0.4, 0.5) is 16.2 Å². The summed E-state index contributed by atoms with van der Waals surface area (Å²) in [5, 5.41) is 17.1. The summed E-state index contributed by atoms with van der Waals surface area (Å²) in [7, 11) is 0. The Labute approximate surface area is 181 Å². The number of nitro groups is 1. The Balaban J connectivity index is 1.61. The standard InChI is InChI=1S/C24H25N3O4/c1-18(16-25-24(28)31-17-19-8-4-2-5-9-19)23(20-10-6-3-7-11-20)26-21-12-14-22(15-13-21)27(29)30/h2-15,18,23,26H,16-17H2,1H3,(H,25,28)/t18-,23-/m0/s1. The number of benzene rings is 3. The van der Waals surface area contributed by atoms with Crippen LogP contribution in [0.5, 0.6) is 0 Å². The zero-order valence-electron chi connectivity index (χ0n) is 17.2. The van der Waals surface area contributed by atoms with E-state index >= 15 is 0 Å². The summed E-state index contributed by atoms with van der Waals surface area (Å²) in [6, 6.07) is 25.5. The molecule has 3 aromatic carbocycles. The number of anilines is 1. The number of carbonyl (C=O) groups excluding carboxylic acids is 1. The van der Waals surface area contributed by atoms with E-state index in [0.717, 1.165) is 16.8 Å². The summed E-state index contributed by atoms with van der Waals surface area (Å²) in [4.78, 5) is 22.6. The second-order valence-electron chi connectivity index (χ2n) is 7.26. The van der Waals surface area contributed by atoms with Crippen molar-refractivity contribution >= 4 is 17.5 Å². The Hall–Kier alpha value is -3.87. The van der Waals surface area contributed by atoms with Crippen LogP contribution in [0.1, 0.15) is 24.1 Å². The fourth-order valence-electron chi connectivity index (χ4n) is 3.21. The second kappa shape index (κ2) is 10.8. The van der Waals surface area contributed by atoms with Crippen LogP contribution >= 0.6 is 0 Å². The van der Waals surface area contributed by atoms with Crippen molar-refractivity contribution in [1.29, 1.82) is 0 Å². The van der Waals surface area contributed by atoms with Crippen LogP contribution in [0.2, 0.25) is 0 Å². The molecule has 0 aliphatic carbocycles.